The first-order valence-corrected chi connectivity index (χ1v) is 2.77. The number of aromatic nitrogens is 1. The largest absolute Gasteiger partial charge is 0.478 e. The van der Waals surface area contributed by atoms with Crippen molar-refractivity contribution in [3.05, 3.63) is 30.1 Å². The van der Waals surface area contributed by atoms with Crippen LogP contribution in [0.1, 0.15) is 10.4 Å². The third kappa shape index (κ3) is 3.29. The third-order valence-corrected chi connectivity index (χ3v) is 0.908. The van der Waals surface area contributed by atoms with E-state index in [1.54, 1.807) is 6.07 Å². The van der Waals surface area contributed by atoms with Gasteiger partial charge >= 0.3 is 5.97 Å². The predicted octanol–water partition coefficient (Wildman–Crippen LogP) is -0.401. The van der Waals surface area contributed by atoms with Crippen LogP contribution in [0.5, 0.6) is 0 Å². The second-order valence-corrected chi connectivity index (χ2v) is 1.55. The molecule has 0 radical (unpaired) electrons. The fourth-order valence-electron chi connectivity index (χ4n) is 0.489. The minimum atomic E-state index is -0.942. The van der Waals surface area contributed by atoms with Crippen LogP contribution in [0, 0.1) is 0 Å². The molecule has 5 heteroatoms. The second kappa shape index (κ2) is 5.33. The SMILES string of the molecule is NN.O=C(O)c1cccnc1. The summed E-state index contributed by atoms with van der Waals surface area (Å²) in [5, 5.41) is 8.34. The Bertz CT molecular complexity index is 212. The first kappa shape index (κ1) is 9.54. The molecule has 5 nitrogen and oxygen atoms in total. The lowest BCUT2D eigenvalue weighted by atomic mass is 10.3. The summed E-state index contributed by atoms with van der Waals surface area (Å²) in [5.74, 6) is 7.06. The minimum Gasteiger partial charge on any atom is -0.478 e. The summed E-state index contributed by atoms with van der Waals surface area (Å²) in [5.41, 5.74) is 0.220. The Morgan fingerprint density at radius 1 is 1.55 bits per heavy atom. The second-order valence-electron chi connectivity index (χ2n) is 1.55. The Labute approximate surface area is 63.6 Å². The molecule has 0 amide bonds. The van der Waals surface area contributed by atoms with Gasteiger partial charge in [-0.25, -0.2) is 4.79 Å². The van der Waals surface area contributed by atoms with Crippen molar-refractivity contribution in [1.82, 2.24) is 4.98 Å². The maximum absolute atomic E-state index is 10.2. The lowest BCUT2D eigenvalue weighted by Gasteiger charge is -1.87. The maximum Gasteiger partial charge on any atom is 0.337 e. The van der Waals surface area contributed by atoms with Crippen LogP contribution < -0.4 is 11.7 Å². The average Bonchev–Trinajstić information content (AvgIpc) is 2.10. The summed E-state index contributed by atoms with van der Waals surface area (Å²) >= 11 is 0. The van der Waals surface area contributed by atoms with Crippen LogP contribution in [-0.4, -0.2) is 16.1 Å². The Kier molecular flexibility index (Phi) is 4.63. The number of pyridine rings is 1. The highest BCUT2D eigenvalue weighted by molar-refractivity contribution is 5.86. The fraction of sp³-hybridized carbons (Fsp3) is 0. The van der Waals surface area contributed by atoms with Crippen molar-refractivity contribution in [3.8, 4) is 0 Å². The molecule has 11 heavy (non-hydrogen) atoms. The van der Waals surface area contributed by atoms with Crippen LogP contribution in [-0.2, 0) is 0 Å². The van der Waals surface area contributed by atoms with E-state index in [2.05, 4.69) is 16.7 Å². The van der Waals surface area contributed by atoms with Gasteiger partial charge < -0.3 is 5.11 Å². The van der Waals surface area contributed by atoms with Crippen LogP contribution in [0.3, 0.4) is 0 Å². The van der Waals surface area contributed by atoms with Crippen molar-refractivity contribution in [3.63, 3.8) is 0 Å². The van der Waals surface area contributed by atoms with E-state index in [1.807, 2.05) is 0 Å². The van der Waals surface area contributed by atoms with Gasteiger partial charge in [0.15, 0.2) is 0 Å². The van der Waals surface area contributed by atoms with Crippen LogP contribution in [0.15, 0.2) is 24.5 Å². The third-order valence-electron chi connectivity index (χ3n) is 0.908. The van der Waals surface area contributed by atoms with E-state index in [9.17, 15) is 4.79 Å². The van der Waals surface area contributed by atoms with E-state index in [0.29, 0.717) is 0 Å². The average molecular weight is 155 g/mol. The van der Waals surface area contributed by atoms with Gasteiger partial charge in [0.1, 0.15) is 0 Å². The zero-order valence-corrected chi connectivity index (χ0v) is 5.77. The summed E-state index contributed by atoms with van der Waals surface area (Å²) in [4.78, 5) is 13.8. The summed E-state index contributed by atoms with van der Waals surface area (Å²) in [6, 6.07) is 3.08. The number of carboxylic acids is 1. The number of hydrogen-bond acceptors (Lipinski definition) is 4. The Morgan fingerprint density at radius 3 is 2.45 bits per heavy atom. The molecule has 0 aliphatic heterocycles. The molecule has 0 unspecified atom stereocenters. The number of rotatable bonds is 1. The van der Waals surface area contributed by atoms with Crippen LogP contribution in [0.25, 0.3) is 0 Å². The number of nitrogens with zero attached hydrogens (tertiary/aromatic N) is 1. The number of hydrazine groups is 1. The van der Waals surface area contributed by atoms with E-state index < -0.39 is 5.97 Å². The van der Waals surface area contributed by atoms with Crippen molar-refractivity contribution in [2.24, 2.45) is 11.7 Å². The number of nitrogens with two attached hydrogens (primary N) is 2. The summed E-state index contributed by atoms with van der Waals surface area (Å²) in [7, 11) is 0. The van der Waals surface area contributed by atoms with Gasteiger partial charge in [-0.05, 0) is 12.1 Å². The van der Waals surface area contributed by atoms with Crippen LogP contribution in [0.4, 0.5) is 0 Å². The Morgan fingerprint density at radius 2 is 2.18 bits per heavy atom. The van der Waals surface area contributed by atoms with Crippen molar-refractivity contribution >= 4 is 5.97 Å². The molecule has 0 fully saturated rings. The molecule has 0 saturated heterocycles. The molecule has 0 aliphatic carbocycles. The molecular formula is C6H9N3O2. The quantitative estimate of drug-likeness (QED) is 0.378. The van der Waals surface area contributed by atoms with Gasteiger partial charge in [0.25, 0.3) is 0 Å². The Hall–Kier alpha value is -1.46. The molecule has 5 N–H and O–H groups in total. The van der Waals surface area contributed by atoms with Crippen molar-refractivity contribution in [2.75, 3.05) is 0 Å². The van der Waals surface area contributed by atoms with Crippen molar-refractivity contribution in [1.29, 1.82) is 0 Å². The van der Waals surface area contributed by atoms with Gasteiger partial charge in [-0.2, -0.15) is 0 Å². The fourth-order valence-corrected chi connectivity index (χ4v) is 0.489. The Balaban J connectivity index is 0.000000461. The molecule has 0 bridgehead atoms. The summed E-state index contributed by atoms with van der Waals surface area (Å²) in [6.45, 7) is 0. The van der Waals surface area contributed by atoms with E-state index in [1.165, 1.54) is 18.5 Å². The molecule has 0 saturated carbocycles. The van der Waals surface area contributed by atoms with E-state index in [-0.39, 0.29) is 5.56 Å². The predicted molar refractivity (Wildman–Crippen MR) is 39.6 cm³/mol. The highest BCUT2D eigenvalue weighted by Gasteiger charge is 1.97. The summed E-state index contributed by atoms with van der Waals surface area (Å²) < 4.78 is 0. The molecule has 1 aromatic rings. The van der Waals surface area contributed by atoms with E-state index >= 15 is 0 Å². The number of hydrogen-bond donors (Lipinski definition) is 3. The lowest BCUT2D eigenvalue weighted by molar-refractivity contribution is 0.0696. The zero-order valence-electron chi connectivity index (χ0n) is 5.77. The lowest BCUT2D eigenvalue weighted by Crippen LogP contribution is -2.02. The van der Waals surface area contributed by atoms with Gasteiger partial charge in [0, 0.05) is 12.4 Å². The maximum atomic E-state index is 10.2. The zero-order chi connectivity index (χ0) is 8.69. The molecule has 0 atom stereocenters. The topological polar surface area (TPSA) is 102 Å². The van der Waals surface area contributed by atoms with Gasteiger partial charge in [-0.15, -0.1) is 0 Å². The van der Waals surface area contributed by atoms with Crippen LogP contribution in [0.2, 0.25) is 0 Å². The van der Waals surface area contributed by atoms with Crippen molar-refractivity contribution < 1.29 is 9.90 Å². The molecule has 60 valence electrons. The minimum absolute atomic E-state index is 0.220. The number of carboxylic acid groups (broad SMARTS) is 1. The highest BCUT2D eigenvalue weighted by atomic mass is 16.4. The summed E-state index contributed by atoms with van der Waals surface area (Å²) in [6.07, 6.45) is 2.84. The smallest absolute Gasteiger partial charge is 0.337 e. The first-order valence-electron chi connectivity index (χ1n) is 2.77. The standard InChI is InChI=1S/C6H5NO2.H4N2/c8-6(9)5-2-1-3-7-4-5;1-2/h1-4H,(H,8,9);1-2H2. The molecule has 1 aromatic heterocycles. The van der Waals surface area contributed by atoms with Gasteiger partial charge in [-0.3, -0.25) is 16.7 Å². The first-order chi connectivity index (χ1) is 5.30. The molecular weight excluding hydrogens is 146 g/mol. The molecule has 1 rings (SSSR count). The normalized spacial score (nSPS) is 7.82. The monoisotopic (exact) mass is 155 g/mol. The number of carbonyl (C=O) groups is 1. The van der Waals surface area contributed by atoms with Gasteiger partial charge in [0.05, 0.1) is 5.56 Å². The van der Waals surface area contributed by atoms with E-state index in [0.717, 1.165) is 0 Å². The van der Waals surface area contributed by atoms with Gasteiger partial charge in [0.2, 0.25) is 0 Å². The van der Waals surface area contributed by atoms with E-state index in [4.69, 9.17) is 5.11 Å². The molecule has 0 aliphatic rings. The van der Waals surface area contributed by atoms with Gasteiger partial charge in [-0.1, -0.05) is 0 Å². The van der Waals surface area contributed by atoms with Crippen LogP contribution >= 0.6 is 0 Å². The molecule has 1 heterocycles. The van der Waals surface area contributed by atoms with Crippen molar-refractivity contribution in [2.45, 2.75) is 0 Å². The molecule has 0 spiro atoms. The number of aromatic carboxylic acids is 1. The molecule has 0 aromatic carbocycles. The highest BCUT2D eigenvalue weighted by Crippen LogP contribution is 1.92.